The average Bonchev–Trinajstić information content (AvgIpc) is 2.84. The quantitative estimate of drug-likeness (QED) is 0.676. The lowest BCUT2D eigenvalue weighted by atomic mass is 9.99. The summed E-state index contributed by atoms with van der Waals surface area (Å²) in [6.45, 7) is 9.41. The number of ether oxygens (including phenoxy) is 1. The van der Waals surface area contributed by atoms with Gasteiger partial charge in [0.15, 0.2) is 0 Å². The van der Waals surface area contributed by atoms with E-state index in [9.17, 15) is 0 Å². The first-order valence-electron chi connectivity index (χ1n) is 7.80. The van der Waals surface area contributed by atoms with Gasteiger partial charge in [-0.2, -0.15) is 5.10 Å². The second-order valence-electron chi connectivity index (χ2n) is 5.55. The van der Waals surface area contributed by atoms with Crippen molar-refractivity contribution in [1.82, 2.24) is 20.1 Å². The zero-order chi connectivity index (χ0) is 14.8. The van der Waals surface area contributed by atoms with Crippen molar-refractivity contribution in [2.24, 2.45) is 5.92 Å². The van der Waals surface area contributed by atoms with Gasteiger partial charge in [-0.15, -0.1) is 0 Å². The van der Waals surface area contributed by atoms with Crippen molar-refractivity contribution in [2.45, 2.75) is 59.0 Å². The Kier molecular flexibility index (Phi) is 8.46. The van der Waals surface area contributed by atoms with Gasteiger partial charge in [0.05, 0.1) is 0 Å². The molecule has 0 aromatic carbocycles. The summed E-state index contributed by atoms with van der Waals surface area (Å²) in [6.07, 6.45) is 5.95. The lowest BCUT2D eigenvalue weighted by Gasteiger charge is -2.22. The third kappa shape index (κ3) is 6.01. The van der Waals surface area contributed by atoms with Gasteiger partial charge >= 0.3 is 0 Å². The van der Waals surface area contributed by atoms with E-state index in [1.807, 2.05) is 4.68 Å². The molecule has 5 heteroatoms. The van der Waals surface area contributed by atoms with Crippen molar-refractivity contribution in [3.8, 4) is 0 Å². The molecule has 0 spiro atoms. The molecule has 5 nitrogen and oxygen atoms in total. The predicted molar refractivity (Wildman–Crippen MR) is 81.8 cm³/mol. The molecule has 0 bridgehead atoms. The van der Waals surface area contributed by atoms with Crippen LogP contribution in [0.5, 0.6) is 0 Å². The molecule has 0 aliphatic heterocycles. The minimum atomic E-state index is 0.444. The predicted octanol–water partition coefficient (Wildman–Crippen LogP) is 2.27. The van der Waals surface area contributed by atoms with Crippen molar-refractivity contribution in [3.63, 3.8) is 0 Å². The number of hydrogen-bond donors (Lipinski definition) is 1. The standard InChI is InChI=1S/C15H30N4O/c1-5-7-16-14(9-13(3)11-20-4)10-15-17-12-18-19(15)8-6-2/h12-14,16H,5-11H2,1-4H3. The number of rotatable bonds is 11. The first-order chi connectivity index (χ1) is 9.71. The van der Waals surface area contributed by atoms with Gasteiger partial charge in [-0.25, -0.2) is 4.98 Å². The van der Waals surface area contributed by atoms with Gasteiger partial charge in [0, 0.05) is 32.7 Å². The molecule has 0 aliphatic carbocycles. The Morgan fingerprint density at radius 3 is 2.80 bits per heavy atom. The van der Waals surface area contributed by atoms with Crippen molar-refractivity contribution < 1.29 is 4.74 Å². The molecule has 0 saturated carbocycles. The Morgan fingerprint density at radius 1 is 1.35 bits per heavy atom. The molecule has 0 amide bonds. The zero-order valence-electron chi connectivity index (χ0n) is 13.4. The molecule has 1 aromatic rings. The summed E-state index contributed by atoms with van der Waals surface area (Å²) < 4.78 is 7.27. The third-order valence-corrected chi connectivity index (χ3v) is 3.38. The molecule has 2 atom stereocenters. The number of methoxy groups -OCH3 is 1. The fraction of sp³-hybridized carbons (Fsp3) is 0.867. The molecular formula is C15H30N4O. The summed E-state index contributed by atoms with van der Waals surface area (Å²) in [5.41, 5.74) is 0. The van der Waals surface area contributed by atoms with Crippen LogP contribution in [0.3, 0.4) is 0 Å². The summed E-state index contributed by atoms with van der Waals surface area (Å²) in [5, 5.41) is 7.94. The van der Waals surface area contributed by atoms with Crippen molar-refractivity contribution >= 4 is 0 Å². The van der Waals surface area contributed by atoms with Crippen LogP contribution in [-0.2, 0) is 17.7 Å². The van der Waals surface area contributed by atoms with Gasteiger partial charge in [0.2, 0.25) is 0 Å². The maximum atomic E-state index is 5.25. The number of nitrogens with zero attached hydrogens (tertiary/aromatic N) is 3. The summed E-state index contributed by atoms with van der Waals surface area (Å²) in [4.78, 5) is 4.42. The first kappa shape index (κ1) is 17.1. The Morgan fingerprint density at radius 2 is 2.15 bits per heavy atom. The molecule has 116 valence electrons. The van der Waals surface area contributed by atoms with Gasteiger partial charge in [-0.05, 0) is 31.7 Å². The first-order valence-corrected chi connectivity index (χ1v) is 7.80. The second kappa shape index (κ2) is 9.88. The van der Waals surface area contributed by atoms with Gasteiger partial charge in [-0.1, -0.05) is 20.8 Å². The van der Waals surface area contributed by atoms with Crippen LogP contribution in [-0.4, -0.2) is 41.1 Å². The van der Waals surface area contributed by atoms with E-state index in [1.54, 1.807) is 13.4 Å². The topological polar surface area (TPSA) is 52.0 Å². The monoisotopic (exact) mass is 282 g/mol. The van der Waals surface area contributed by atoms with E-state index in [4.69, 9.17) is 4.74 Å². The van der Waals surface area contributed by atoms with E-state index in [0.717, 1.165) is 51.2 Å². The Labute approximate surface area is 123 Å². The molecule has 1 rings (SSSR count). The fourth-order valence-corrected chi connectivity index (χ4v) is 2.49. The van der Waals surface area contributed by atoms with Crippen LogP contribution in [0.15, 0.2) is 6.33 Å². The van der Waals surface area contributed by atoms with Crippen LogP contribution in [0, 0.1) is 5.92 Å². The van der Waals surface area contributed by atoms with Crippen LogP contribution in [0.1, 0.15) is 45.9 Å². The molecule has 0 saturated heterocycles. The third-order valence-electron chi connectivity index (χ3n) is 3.38. The van der Waals surface area contributed by atoms with E-state index in [2.05, 4.69) is 36.2 Å². The normalized spacial score (nSPS) is 14.4. The number of hydrogen-bond acceptors (Lipinski definition) is 4. The number of aryl methyl sites for hydroxylation is 1. The second-order valence-corrected chi connectivity index (χ2v) is 5.55. The molecule has 1 N–H and O–H groups in total. The molecule has 0 fully saturated rings. The molecule has 20 heavy (non-hydrogen) atoms. The highest BCUT2D eigenvalue weighted by Gasteiger charge is 2.16. The molecule has 2 unspecified atom stereocenters. The average molecular weight is 282 g/mol. The minimum absolute atomic E-state index is 0.444. The molecule has 1 heterocycles. The van der Waals surface area contributed by atoms with Crippen LogP contribution in [0.2, 0.25) is 0 Å². The maximum absolute atomic E-state index is 5.25. The Bertz CT molecular complexity index is 353. The maximum Gasteiger partial charge on any atom is 0.138 e. The molecule has 1 aromatic heterocycles. The smallest absolute Gasteiger partial charge is 0.138 e. The summed E-state index contributed by atoms with van der Waals surface area (Å²) in [7, 11) is 1.77. The molecule has 0 aliphatic rings. The number of aromatic nitrogens is 3. The lowest BCUT2D eigenvalue weighted by molar-refractivity contribution is 0.149. The fourth-order valence-electron chi connectivity index (χ4n) is 2.49. The lowest BCUT2D eigenvalue weighted by Crippen LogP contribution is -2.35. The Hall–Kier alpha value is -0.940. The summed E-state index contributed by atoms with van der Waals surface area (Å²) in [5.74, 6) is 1.64. The zero-order valence-corrected chi connectivity index (χ0v) is 13.4. The van der Waals surface area contributed by atoms with Crippen molar-refractivity contribution in [3.05, 3.63) is 12.2 Å². The van der Waals surface area contributed by atoms with E-state index < -0.39 is 0 Å². The summed E-state index contributed by atoms with van der Waals surface area (Å²) >= 11 is 0. The number of nitrogens with one attached hydrogen (secondary N) is 1. The van der Waals surface area contributed by atoms with Crippen LogP contribution in [0.4, 0.5) is 0 Å². The highest BCUT2D eigenvalue weighted by molar-refractivity contribution is 4.90. The molecular weight excluding hydrogens is 252 g/mol. The van der Waals surface area contributed by atoms with E-state index in [1.165, 1.54) is 0 Å². The van der Waals surface area contributed by atoms with Crippen molar-refractivity contribution in [2.75, 3.05) is 20.3 Å². The van der Waals surface area contributed by atoms with Crippen LogP contribution < -0.4 is 5.32 Å². The minimum Gasteiger partial charge on any atom is -0.384 e. The van der Waals surface area contributed by atoms with Gasteiger partial charge in [0.1, 0.15) is 12.2 Å². The highest BCUT2D eigenvalue weighted by atomic mass is 16.5. The van der Waals surface area contributed by atoms with E-state index in [-0.39, 0.29) is 0 Å². The van der Waals surface area contributed by atoms with E-state index >= 15 is 0 Å². The van der Waals surface area contributed by atoms with Crippen molar-refractivity contribution in [1.29, 1.82) is 0 Å². The summed E-state index contributed by atoms with van der Waals surface area (Å²) in [6, 6.07) is 0.444. The SMILES string of the molecule is CCCNC(Cc1ncnn1CCC)CC(C)COC. The van der Waals surface area contributed by atoms with Crippen LogP contribution in [0.25, 0.3) is 0 Å². The Balaban J connectivity index is 2.60. The van der Waals surface area contributed by atoms with E-state index in [0.29, 0.717) is 12.0 Å². The van der Waals surface area contributed by atoms with Gasteiger partial charge in [-0.3, -0.25) is 4.68 Å². The van der Waals surface area contributed by atoms with Gasteiger partial charge < -0.3 is 10.1 Å². The van der Waals surface area contributed by atoms with Crippen LogP contribution >= 0.6 is 0 Å². The largest absolute Gasteiger partial charge is 0.384 e. The molecule has 0 radical (unpaired) electrons. The highest BCUT2D eigenvalue weighted by Crippen LogP contribution is 2.11. The van der Waals surface area contributed by atoms with Gasteiger partial charge in [0.25, 0.3) is 0 Å².